The molecule has 0 fully saturated rings. The molecule has 4 nitrogen and oxygen atoms in total. The van der Waals surface area contributed by atoms with Gasteiger partial charge >= 0.3 is 6.09 Å². The summed E-state index contributed by atoms with van der Waals surface area (Å²) in [5.74, 6) is 6.91. The summed E-state index contributed by atoms with van der Waals surface area (Å²) in [5, 5.41) is 2.68. The number of methoxy groups -OCH3 is 1. The Morgan fingerprint density at radius 1 is 1.17 bits per heavy atom. The summed E-state index contributed by atoms with van der Waals surface area (Å²) in [6.45, 7) is 2.70. The second kappa shape index (κ2) is 9.26. The van der Waals surface area contributed by atoms with Crippen LogP contribution in [0.3, 0.4) is 0 Å². The van der Waals surface area contributed by atoms with Crippen molar-refractivity contribution >= 4 is 6.09 Å². The maximum Gasteiger partial charge on any atom is 0.407 e. The van der Waals surface area contributed by atoms with E-state index in [0.29, 0.717) is 13.0 Å². The first-order valence-electron chi connectivity index (χ1n) is 7.77. The second-order valence-electron chi connectivity index (χ2n) is 5.22. The number of hydrogen-bond donors (Lipinski definition) is 1. The Labute approximate surface area is 142 Å². The molecule has 0 aliphatic heterocycles. The molecule has 0 aliphatic carbocycles. The van der Waals surface area contributed by atoms with Gasteiger partial charge < -0.3 is 14.8 Å². The lowest BCUT2D eigenvalue weighted by Gasteiger charge is -2.05. The van der Waals surface area contributed by atoms with Crippen molar-refractivity contribution in [1.29, 1.82) is 0 Å². The maximum absolute atomic E-state index is 11.6. The van der Waals surface area contributed by atoms with E-state index in [1.165, 1.54) is 0 Å². The molecule has 0 bridgehead atoms. The van der Waals surface area contributed by atoms with Crippen LogP contribution in [0, 0.1) is 18.8 Å². The van der Waals surface area contributed by atoms with Crippen molar-refractivity contribution in [2.75, 3.05) is 13.7 Å². The number of alkyl carbamates (subject to hydrolysis) is 1. The Morgan fingerprint density at radius 3 is 2.71 bits per heavy atom. The molecule has 1 N–H and O–H groups in total. The smallest absolute Gasteiger partial charge is 0.407 e. The highest BCUT2D eigenvalue weighted by Gasteiger charge is 2.01. The van der Waals surface area contributed by atoms with E-state index in [1.54, 1.807) is 7.11 Å². The highest BCUT2D eigenvalue weighted by molar-refractivity contribution is 5.67. The van der Waals surface area contributed by atoms with E-state index in [0.717, 1.165) is 22.4 Å². The van der Waals surface area contributed by atoms with Gasteiger partial charge in [0.1, 0.15) is 12.4 Å². The Morgan fingerprint density at radius 2 is 1.96 bits per heavy atom. The molecule has 0 radical (unpaired) electrons. The van der Waals surface area contributed by atoms with E-state index < -0.39 is 6.09 Å². The minimum atomic E-state index is -0.433. The van der Waals surface area contributed by atoms with Crippen molar-refractivity contribution in [3.05, 3.63) is 65.2 Å². The van der Waals surface area contributed by atoms with Crippen molar-refractivity contribution in [3.63, 3.8) is 0 Å². The van der Waals surface area contributed by atoms with Crippen LogP contribution >= 0.6 is 0 Å². The fourth-order valence-corrected chi connectivity index (χ4v) is 2.06. The van der Waals surface area contributed by atoms with Gasteiger partial charge in [-0.15, -0.1) is 0 Å². The molecule has 124 valence electrons. The van der Waals surface area contributed by atoms with Gasteiger partial charge in [-0.3, -0.25) is 0 Å². The lowest BCUT2D eigenvalue weighted by atomic mass is 10.1. The number of benzene rings is 2. The number of hydrogen-bond acceptors (Lipinski definition) is 3. The van der Waals surface area contributed by atoms with Crippen LogP contribution in [-0.4, -0.2) is 19.7 Å². The minimum absolute atomic E-state index is 0.265. The molecule has 2 aromatic carbocycles. The van der Waals surface area contributed by atoms with E-state index in [-0.39, 0.29) is 6.61 Å². The Hall–Kier alpha value is -2.93. The fraction of sp³-hybridized carbons (Fsp3) is 0.250. The molecule has 0 spiro atoms. The van der Waals surface area contributed by atoms with E-state index >= 15 is 0 Å². The zero-order valence-electron chi connectivity index (χ0n) is 14.0. The van der Waals surface area contributed by atoms with Crippen molar-refractivity contribution in [2.24, 2.45) is 0 Å². The molecule has 0 atom stereocenters. The van der Waals surface area contributed by atoms with Gasteiger partial charge in [0.25, 0.3) is 0 Å². The molecule has 0 aromatic heterocycles. The molecule has 0 unspecified atom stereocenters. The third kappa shape index (κ3) is 5.69. The predicted molar refractivity (Wildman–Crippen MR) is 93.9 cm³/mol. The van der Waals surface area contributed by atoms with Gasteiger partial charge in [0, 0.05) is 18.5 Å². The number of carbonyl (C=O) groups excluding carboxylic acids is 1. The zero-order chi connectivity index (χ0) is 17.2. The predicted octanol–water partition coefficient (Wildman–Crippen LogP) is 3.67. The SMILES string of the molecule is COc1cc(C#CCCNC(=O)OCc2ccccc2)ccc1C. The highest BCUT2D eigenvalue weighted by atomic mass is 16.5. The van der Waals surface area contributed by atoms with Crippen LogP contribution < -0.4 is 10.1 Å². The molecule has 4 heteroatoms. The molecular formula is C20H21NO3. The normalized spacial score (nSPS) is 9.58. The fourth-order valence-electron chi connectivity index (χ4n) is 2.06. The van der Waals surface area contributed by atoms with Gasteiger partial charge in [0.05, 0.1) is 7.11 Å². The van der Waals surface area contributed by atoms with Gasteiger partial charge in [-0.25, -0.2) is 4.79 Å². The monoisotopic (exact) mass is 323 g/mol. The zero-order valence-corrected chi connectivity index (χ0v) is 14.0. The van der Waals surface area contributed by atoms with Crippen LogP contribution in [0.25, 0.3) is 0 Å². The average Bonchev–Trinajstić information content (AvgIpc) is 2.62. The summed E-state index contributed by atoms with van der Waals surface area (Å²) in [4.78, 5) is 11.6. The summed E-state index contributed by atoms with van der Waals surface area (Å²) in [5.41, 5.74) is 2.93. The first-order chi connectivity index (χ1) is 11.7. The molecule has 0 aliphatic rings. The first kappa shape index (κ1) is 17.4. The summed E-state index contributed by atoms with van der Waals surface area (Å²) < 4.78 is 10.4. The minimum Gasteiger partial charge on any atom is -0.496 e. The molecule has 24 heavy (non-hydrogen) atoms. The maximum atomic E-state index is 11.6. The van der Waals surface area contributed by atoms with Crippen molar-refractivity contribution in [1.82, 2.24) is 5.32 Å². The average molecular weight is 323 g/mol. The van der Waals surface area contributed by atoms with Crippen molar-refractivity contribution < 1.29 is 14.3 Å². The van der Waals surface area contributed by atoms with Crippen molar-refractivity contribution in [2.45, 2.75) is 20.0 Å². The molecule has 2 aromatic rings. The molecular weight excluding hydrogens is 302 g/mol. The Balaban J connectivity index is 1.70. The lowest BCUT2D eigenvalue weighted by molar-refractivity contribution is 0.140. The summed E-state index contributed by atoms with van der Waals surface area (Å²) in [6, 6.07) is 15.4. The van der Waals surface area contributed by atoms with Crippen LogP contribution in [0.15, 0.2) is 48.5 Å². The van der Waals surface area contributed by atoms with Crippen LogP contribution in [0.5, 0.6) is 5.75 Å². The van der Waals surface area contributed by atoms with Gasteiger partial charge in [0.15, 0.2) is 0 Å². The highest BCUT2D eigenvalue weighted by Crippen LogP contribution is 2.18. The summed E-state index contributed by atoms with van der Waals surface area (Å²) in [7, 11) is 1.64. The van der Waals surface area contributed by atoms with Crippen LogP contribution in [-0.2, 0) is 11.3 Å². The number of carbonyl (C=O) groups is 1. The van der Waals surface area contributed by atoms with Gasteiger partial charge in [-0.05, 0) is 30.2 Å². The third-order valence-electron chi connectivity index (χ3n) is 3.37. The van der Waals surface area contributed by atoms with Crippen LogP contribution in [0.4, 0.5) is 4.79 Å². The number of ether oxygens (including phenoxy) is 2. The standard InChI is InChI=1S/C20H21NO3/c1-16-11-12-17(14-19(16)23-2)8-6-7-13-21-20(22)24-15-18-9-4-3-5-10-18/h3-5,9-12,14H,7,13,15H2,1-2H3,(H,21,22). The largest absolute Gasteiger partial charge is 0.496 e. The van der Waals surface area contributed by atoms with Crippen LogP contribution in [0.1, 0.15) is 23.1 Å². The number of nitrogens with one attached hydrogen (secondary N) is 1. The molecule has 0 saturated carbocycles. The Bertz CT molecular complexity index is 730. The van der Waals surface area contributed by atoms with E-state index in [2.05, 4.69) is 17.2 Å². The third-order valence-corrected chi connectivity index (χ3v) is 3.37. The molecule has 1 amide bonds. The number of aryl methyl sites for hydroxylation is 1. The van der Waals surface area contributed by atoms with E-state index in [4.69, 9.17) is 9.47 Å². The summed E-state index contributed by atoms with van der Waals surface area (Å²) >= 11 is 0. The summed E-state index contributed by atoms with van der Waals surface area (Å²) in [6.07, 6.45) is 0.119. The lowest BCUT2D eigenvalue weighted by Crippen LogP contribution is -2.24. The van der Waals surface area contributed by atoms with E-state index in [9.17, 15) is 4.79 Å². The topological polar surface area (TPSA) is 47.6 Å². The van der Waals surface area contributed by atoms with E-state index in [1.807, 2.05) is 55.5 Å². The molecule has 0 saturated heterocycles. The van der Waals surface area contributed by atoms with Gasteiger partial charge in [0.2, 0.25) is 0 Å². The first-order valence-corrected chi connectivity index (χ1v) is 7.77. The molecule has 2 rings (SSSR count). The van der Waals surface area contributed by atoms with Gasteiger partial charge in [-0.1, -0.05) is 48.2 Å². The van der Waals surface area contributed by atoms with Crippen molar-refractivity contribution in [3.8, 4) is 17.6 Å². The van der Waals surface area contributed by atoms with Crippen LogP contribution in [0.2, 0.25) is 0 Å². The second-order valence-corrected chi connectivity index (χ2v) is 5.22. The number of rotatable bonds is 5. The van der Waals surface area contributed by atoms with Gasteiger partial charge in [-0.2, -0.15) is 0 Å². The Kier molecular flexibility index (Phi) is 6.73. The quantitative estimate of drug-likeness (QED) is 0.674. The molecule has 0 heterocycles. The number of amides is 1.